The summed E-state index contributed by atoms with van der Waals surface area (Å²) in [5.74, 6) is -0.00123. The lowest BCUT2D eigenvalue weighted by atomic mass is 10.1. The molecule has 2 aromatic rings. The van der Waals surface area contributed by atoms with E-state index in [1.165, 1.54) is 0 Å². The minimum absolute atomic E-state index is 0.0846. The van der Waals surface area contributed by atoms with E-state index in [0.29, 0.717) is 31.1 Å². The predicted molar refractivity (Wildman–Crippen MR) is 109 cm³/mol. The SMILES string of the molecule is COc1ccc(N2C(=O)N[C@@H](CC(=O)N3CCOC(c4ccccc4)C3)C2=O)cc1. The summed E-state index contributed by atoms with van der Waals surface area (Å²) in [5, 5.41) is 2.62. The number of morpholine rings is 1. The number of amides is 4. The van der Waals surface area contributed by atoms with Crippen molar-refractivity contribution in [3.05, 3.63) is 60.2 Å². The molecule has 2 aromatic carbocycles. The van der Waals surface area contributed by atoms with Crippen LogP contribution in [0.3, 0.4) is 0 Å². The van der Waals surface area contributed by atoms with Crippen LogP contribution in [0.15, 0.2) is 54.6 Å². The highest BCUT2D eigenvalue weighted by Crippen LogP contribution is 2.25. The first kappa shape index (κ1) is 19.9. The summed E-state index contributed by atoms with van der Waals surface area (Å²) in [6.45, 7) is 1.30. The molecule has 30 heavy (non-hydrogen) atoms. The Morgan fingerprint density at radius 2 is 1.87 bits per heavy atom. The second-order valence-electron chi connectivity index (χ2n) is 7.19. The summed E-state index contributed by atoms with van der Waals surface area (Å²) in [6.07, 6.45) is -0.285. The lowest BCUT2D eigenvalue weighted by Crippen LogP contribution is -2.45. The van der Waals surface area contributed by atoms with Crippen LogP contribution in [0.4, 0.5) is 10.5 Å². The van der Waals surface area contributed by atoms with Crippen LogP contribution in [0, 0.1) is 0 Å². The summed E-state index contributed by atoms with van der Waals surface area (Å²) in [5.41, 5.74) is 1.44. The molecule has 1 N–H and O–H groups in total. The molecule has 156 valence electrons. The number of imide groups is 1. The van der Waals surface area contributed by atoms with E-state index in [1.807, 2.05) is 30.3 Å². The summed E-state index contributed by atoms with van der Waals surface area (Å²) >= 11 is 0. The van der Waals surface area contributed by atoms with Gasteiger partial charge in [0.15, 0.2) is 0 Å². The van der Waals surface area contributed by atoms with Crippen molar-refractivity contribution >= 4 is 23.5 Å². The largest absolute Gasteiger partial charge is 0.497 e. The fraction of sp³-hybridized carbons (Fsp3) is 0.318. The van der Waals surface area contributed by atoms with Crippen LogP contribution in [0.2, 0.25) is 0 Å². The predicted octanol–water partition coefficient (Wildman–Crippen LogP) is 2.11. The molecule has 2 heterocycles. The first-order valence-electron chi connectivity index (χ1n) is 9.79. The smallest absolute Gasteiger partial charge is 0.329 e. The zero-order valence-corrected chi connectivity index (χ0v) is 16.6. The molecule has 8 heteroatoms. The number of urea groups is 1. The highest BCUT2D eigenvalue weighted by molar-refractivity contribution is 6.22. The maximum atomic E-state index is 12.8. The summed E-state index contributed by atoms with van der Waals surface area (Å²) in [4.78, 5) is 40.7. The molecular weight excluding hydrogens is 386 g/mol. The zero-order chi connectivity index (χ0) is 21.1. The second-order valence-corrected chi connectivity index (χ2v) is 7.19. The molecule has 0 radical (unpaired) electrons. The Hall–Kier alpha value is -3.39. The molecule has 0 bridgehead atoms. The van der Waals surface area contributed by atoms with Gasteiger partial charge in [0.2, 0.25) is 5.91 Å². The van der Waals surface area contributed by atoms with E-state index < -0.39 is 18.0 Å². The maximum Gasteiger partial charge on any atom is 0.329 e. The Morgan fingerprint density at radius 3 is 2.57 bits per heavy atom. The van der Waals surface area contributed by atoms with Crippen molar-refractivity contribution in [2.75, 3.05) is 31.7 Å². The Morgan fingerprint density at radius 1 is 1.13 bits per heavy atom. The van der Waals surface area contributed by atoms with E-state index in [-0.39, 0.29) is 18.4 Å². The molecule has 1 unspecified atom stereocenters. The molecule has 0 aliphatic carbocycles. The number of rotatable bonds is 5. The number of anilines is 1. The molecule has 2 fully saturated rings. The van der Waals surface area contributed by atoms with Gasteiger partial charge in [0, 0.05) is 6.54 Å². The number of methoxy groups -OCH3 is 1. The van der Waals surface area contributed by atoms with Crippen LogP contribution >= 0.6 is 0 Å². The average Bonchev–Trinajstić information content (AvgIpc) is 3.07. The van der Waals surface area contributed by atoms with Gasteiger partial charge in [-0.15, -0.1) is 0 Å². The monoisotopic (exact) mass is 409 g/mol. The van der Waals surface area contributed by atoms with Crippen LogP contribution < -0.4 is 15.0 Å². The van der Waals surface area contributed by atoms with Crippen molar-refractivity contribution in [1.82, 2.24) is 10.2 Å². The Bertz CT molecular complexity index is 932. The Labute approximate surface area is 174 Å². The zero-order valence-electron chi connectivity index (χ0n) is 16.6. The van der Waals surface area contributed by atoms with Gasteiger partial charge in [-0.1, -0.05) is 30.3 Å². The van der Waals surface area contributed by atoms with Gasteiger partial charge in [-0.25, -0.2) is 9.69 Å². The first-order chi connectivity index (χ1) is 14.6. The summed E-state index contributed by atoms with van der Waals surface area (Å²) in [7, 11) is 1.54. The van der Waals surface area contributed by atoms with Crippen LogP contribution in [0.5, 0.6) is 5.75 Å². The number of hydrogen-bond acceptors (Lipinski definition) is 5. The average molecular weight is 409 g/mol. The number of nitrogens with zero attached hydrogens (tertiary/aromatic N) is 2. The molecule has 4 amide bonds. The lowest BCUT2D eigenvalue weighted by molar-refractivity contribution is -0.140. The third-order valence-electron chi connectivity index (χ3n) is 5.32. The van der Waals surface area contributed by atoms with Crippen molar-refractivity contribution in [3.63, 3.8) is 0 Å². The van der Waals surface area contributed by atoms with E-state index in [1.54, 1.807) is 36.3 Å². The normalized spacial score (nSPS) is 21.5. The minimum Gasteiger partial charge on any atom is -0.497 e. The first-order valence-corrected chi connectivity index (χ1v) is 9.79. The van der Waals surface area contributed by atoms with Crippen molar-refractivity contribution in [1.29, 1.82) is 0 Å². The van der Waals surface area contributed by atoms with Crippen LogP contribution in [-0.4, -0.2) is 55.6 Å². The number of nitrogens with one attached hydrogen (secondary N) is 1. The topological polar surface area (TPSA) is 88.2 Å². The van der Waals surface area contributed by atoms with Gasteiger partial charge in [-0.3, -0.25) is 9.59 Å². The van der Waals surface area contributed by atoms with Crippen molar-refractivity contribution < 1.29 is 23.9 Å². The fourth-order valence-electron chi connectivity index (χ4n) is 3.69. The number of hydrogen-bond donors (Lipinski definition) is 1. The van der Waals surface area contributed by atoms with Gasteiger partial charge >= 0.3 is 6.03 Å². The van der Waals surface area contributed by atoms with Gasteiger partial charge < -0.3 is 19.7 Å². The molecule has 0 saturated carbocycles. The van der Waals surface area contributed by atoms with Crippen LogP contribution in [0.25, 0.3) is 0 Å². The van der Waals surface area contributed by atoms with E-state index in [4.69, 9.17) is 9.47 Å². The molecule has 8 nitrogen and oxygen atoms in total. The van der Waals surface area contributed by atoms with E-state index in [0.717, 1.165) is 10.5 Å². The van der Waals surface area contributed by atoms with Crippen molar-refractivity contribution in [2.24, 2.45) is 0 Å². The van der Waals surface area contributed by atoms with Gasteiger partial charge in [0.05, 0.1) is 32.4 Å². The molecule has 2 atom stereocenters. The van der Waals surface area contributed by atoms with Gasteiger partial charge in [0.25, 0.3) is 5.91 Å². The number of benzene rings is 2. The molecule has 4 rings (SSSR count). The summed E-state index contributed by atoms with van der Waals surface area (Å²) < 4.78 is 10.9. The molecule has 2 aliphatic rings. The molecule has 0 spiro atoms. The number of carbonyl (C=O) groups is 3. The third-order valence-corrected chi connectivity index (χ3v) is 5.32. The minimum atomic E-state index is -0.884. The maximum absolute atomic E-state index is 12.8. The summed E-state index contributed by atoms with van der Waals surface area (Å²) in [6, 6.07) is 14.9. The van der Waals surface area contributed by atoms with E-state index >= 15 is 0 Å². The Balaban J connectivity index is 1.40. The lowest BCUT2D eigenvalue weighted by Gasteiger charge is -2.33. The fourth-order valence-corrected chi connectivity index (χ4v) is 3.69. The second kappa shape index (κ2) is 8.54. The number of ether oxygens (including phenoxy) is 2. The highest BCUT2D eigenvalue weighted by Gasteiger charge is 2.41. The van der Waals surface area contributed by atoms with E-state index in [9.17, 15) is 14.4 Å². The van der Waals surface area contributed by atoms with Gasteiger partial charge in [-0.2, -0.15) is 0 Å². The standard InChI is InChI=1S/C22H23N3O5/c1-29-17-9-7-16(8-10-17)25-21(27)18(23-22(25)28)13-20(26)24-11-12-30-19(14-24)15-5-3-2-4-6-15/h2-10,18-19H,11-14H2,1H3,(H,23,28)/t18-,19?/m0/s1. The molecule has 0 aromatic heterocycles. The molecular formula is C22H23N3O5. The van der Waals surface area contributed by atoms with Gasteiger partial charge in [0.1, 0.15) is 17.9 Å². The molecule has 2 saturated heterocycles. The van der Waals surface area contributed by atoms with Crippen LogP contribution in [-0.2, 0) is 14.3 Å². The van der Waals surface area contributed by atoms with Crippen molar-refractivity contribution in [2.45, 2.75) is 18.6 Å². The van der Waals surface area contributed by atoms with Crippen LogP contribution in [0.1, 0.15) is 18.1 Å². The third kappa shape index (κ3) is 3.99. The van der Waals surface area contributed by atoms with E-state index in [2.05, 4.69) is 5.32 Å². The highest BCUT2D eigenvalue weighted by atomic mass is 16.5. The molecule has 2 aliphatic heterocycles. The van der Waals surface area contributed by atoms with Gasteiger partial charge in [-0.05, 0) is 29.8 Å². The Kier molecular flexibility index (Phi) is 5.67. The number of carbonyl (C=O) groups excluding carboxylic acids is 3. The quantitative estimate of drug-likeness (QED) is 0.765. The van der Waals surface area contributed by atoms with Crippen molar-refractivity contribution in [3.8, 4) is 5.75 Å².